The average molecular weight is 294 g/mol. The first-order chi connectivity index (χ1) is 9.40. The molecule has 0 spiro atoms. The van der Waals surface area contributed by atoms with E-state index in [4.69, 9.17) is 22.1 Å². The van der Waals surface area contributed by atoms with Crippen molar-refractivity contribution in [3.63, 3.8) is 0 Å². The first-order valence-corrected chi connectivity index (χ1v) is 5.60. The van der Waals surface area contributed by atoms with Gasteiger partial charge in [-0.15, -0.1) is 0 Å². The fraction of sp³-hybridized carbons (Fsp3) is 0.300. The van der Waals surface area contributed by atoms with Crippen LogP contribution in [0.2, 0.25) is 5.15 Å². The Bertz CT molecular complexity index is 719. The van der Waals surface area contributed by atoms with E-state index in [1.165, 1.54) is 0 Å². The molecular formula is C10H4ClN5O4. The zero-order valence-corrected chi connectivity index (χ0v) is 10.4. The maximum absolute atomic E-state index is 11.1. The summed E-state index contributed by atoms with van der Waals surface area (Å²) in [5.74, 6) is 0. The lowest BCUT2D eigenvalue weighted by Crippen LogP contribution is -2.42. The van der Waals surface area contributed by atoms with Gasteiger partial charge in [-0.2, -0.15) is 10.5 Å². The van der Waals surface area contributed by atoms with Gasteiger partial charge in [-0.1, -0.05) is 11.6 Å². The van der Waals surface area contributed by atoms with E-state index >= 15 is 0 Å². The summed E-state index contributed by atoms with van der Waals surface area (Å²) in [7, 11) is 0. The molecule has 0 saturated carbocycles. The van der Waals surface area contributed by atoms with Gasteiger partial charge in [0.2, 0.25) is 5.69 Å². The third kappa shape index (κ3) is 1.51. The van der Waals surface area contributed by atoms with Gasteiger partial charge in [0.25, 0.3) is 0 Å². The highest BCUT2D eigenvalue weighted by atomic mass is 35.5. The van der Waals surface area contributed by atoms with Gasteiger partial charge in [0.1, 0.15) is 39.1 Å². The van der Waals surface area contributed by atoms with Crippen molar-refractivity contribution in [2.45, 2.75) is 18.5 Å². The Labute approximate surface area is 116 Å². The van der Waals surface area contributed by atoms with Gasteiger partial charge < -0.3 is 0 Å². The van der Waals surface area contributed by atoms with E-state index in [-0.39, 0.29) is 23.1 Å². The zero-order chi connectivity index (χ0) is 15.1. The Morgan fingerprint density at radius 1 is 1.20 bits per heavy atom. The van der Waals surface area contributed by atoms with Crippen molar-refractivity contribution in [3.8, 4) is 12.1 Å². The number of aromatic nitrogens is 1. The van der Waals surface area contributed by atoms with Gasteiger partial charge in [-0.05, 0) is 6.42 Å². The van der Waals surface area contributed by atoms with Crippen molar-refractivity contribution in [2.75, 3.05) is 0 Å². The molecule has 9 nitrogen and oxygen atoms in total. The number of pyridine rings is 1. The third-order valence-electron chi connectivity index (χ3n) is 3.18. The lowest BCUT2D eigenvalue weighted by molar-refractivity contribution is -0.810. The van der Waals surface area contributed by atoms with Gasteiger partial charge in [0.05, 0.1) is 5.56 Å². The molecule has 1 heterocycles. The number of rotatable bonds is 2. The van der Waals surface area contributed by atoms with E-state index in [2.05, 4.69) is 4.98 Å². The number of nitrogens with zero attached hydrogens (tertiary/aromatic N) is 5. The van der Waals surface area contributed by atoms with Crippen LogP contribution < -0.4 is 0 Å². The topological polar surface area (TPSA) is 147 Å². The van der Waals surface area contributed by atoms with E-state index < -0.39 is 32.8 Å². The molecule has 10 heteroatoms. The van der Waals surface area contributed by atoms with Gasteiger partial charge in [0, 0.05) is 5.56 Å². The molecule has 0 saturated heterocycles. The lowest BCUT2D eigenvalue weighted by Gasteiger charge is -2.12. The standard InChI is InChI=1S/C10H4ClN5O4/c11-9-7(4-13)6(3-12)5-1-2-10(15(17)18,16(19)20)8(5)14-9/h1-2H2. The van der Waals surface area contributed by atoms with E-state index in [1.807, 2.05) is 0 Å². The minimum absolute atomic E-state index is 0.0434. The third-order valence-corrected chi connectivity index (χ3v) is 3.46. The normalized spacial score (nSPS) is 14.9. The minimum Gasteiger partial charge on any atom is -0.258 e. The first kappa shape index (κ1) is 13.6. The number of hydrogen-bond donors (Lipinski definition) is 0. The van der Waals surface area contributed by atoms with Crippen LogP contribution in [0.4, 0.5) is 0 Å². The van der Waals surface area contributed by atoms with Gasteiger partial charge in [0.15, 0.2) is 0 Å². The summed E-state index contributed by atoms with van der Waals surface area (Å²) in [6, 6.07) is 3.38. The molecular weight excluding hydrogens is 290 g/mol. The first-order valence-electron chi connectivity index (χ1n) is 5.22. The summed E-state index contributed by atoms with van der Waals surface area (Å²) >= 11 is 5.70. The Kier molecular flexibility index (Phi) is 3.00. The quantitative estimate of drug-likeness (QED) is 0.343. The van der Waals surface area contributed by atoms with Gasteiger partial charge >= 0.3 is 5.66 Å². The second kappa shape index (κ2) is 4.40. The molecule has 1 aromatic rings. The Morgan fingerprint density at radius 2 is 1.75 bits per heavy atom. The molecule has 0 unspecified atom stereocenters. The SMILES string of the molecule is N#Cc1c(Cl)nc2c(c1C#N)CCC2([N+](=O)[O-])[N+](=O)[O-]. The van der Waals surface area contributed by atoms with Crippen molar-refractivity contribution >= 4 is 11.6 Å². The number of hydrogen-bond acceptors (Lipinski definition) is 7. The van der Waals surface area contributed by atoms with Gasteiger partial charge in [-0.3, -0.25) is 20.2 Å². The molecule has 0 N–H and O–H groups in total. The molecule has 0 aromatic carbocycles. The molecule has 0 radical (unpaired) electrons. The maximum atomic E-state index is 11.1. The van der Waals surface area contributed by atoms with E-state index in [9.17, 15) is 20.2 Å². The van der Waals surface area contributed by atoms with Crippen LogP contribution in [0.3, 0.4) is 0 Å². The van der Waals surface area contributed by atoms with E-state index in [0.29, 0.717) is 0 Å². The van der Waals surface area contributed by atoms with Crippen LogP contribution in [0.15, 0.2) is 0 Å². The van der Waals surface area contributed by atoms with Crippen LogP contribution in [-0.2, 0) is 12.1 Å². The molecule has 100 valence electrons. The predicted molar refractivity (Wildman–Crippen MR) is 62.7 cm³/mol. The fourth-order valence-corrected chi connectivity index (χ4v) is 2.46. The molecule has 2 rings (SSSR count). The second-order valence-corrected chi connectivity index (χ2v) is 4.39. The summed E-state index contributed by atoms with van der Waals surface area (Å²) in [4.78, 5) is 23.8. The summed E-state index contributed by atoms with van der Waals surface area (Å²) in [5.41, 5.74) is -3.45. The molecule has 1 aromatic heterocycles. The second-order valence-electron chi connectivity index (χ2n) is 4.03. The Hall–Kier alpha value is -2.78. The van der Waals surface area contributed by atoms with Crippen LogP contribution in [0, 0.1) is 42.9 Å². The number of halogens is 1. The molecule has 0 atom stereocenters. The van der Waals surface area contributed by atoms with Crippen molar-refractivity contribution in [1.29, 1.82) is 10.5 Å². The smallest absolute Gasteiger partial charge is 0.258 e. The highest BCUT2D eigenvalue weighted by Gasteiger charge is 2.64. The highest BCUT2D eigenvalue weighted by molar-refractivity contribution is 6.30. The van der Waals surface area contributed by atoms with Crippen LogP contribution in [0.5, 0.6) is 0 Å². The molecule has 1 aliphatic carbocycles. The predicted octanol–water partition coefficient (Wildman–Crippen LogP) is 1.13. The molecule has 0 fully saturated rings. The Balaban J connectivity index is 2.88. The summed E-state index contributed by atoms with van der Waals surface area (Å²) in [6.07, 6.45) is -0.520. The van der Waals surface area contributed by atoms with Crippen LogP contribution >= 0.6 is 11.6 Å². The number of fused-ring (bicyclic) bond motifs is 1. The number of nitro groups is 2. The summed E-state index contributed by atoms with van der Waals surface area (Å²) < 4.78 is 0. The molecule has 0 aliphatic heterocycles. The lowest BCUT2D eigenvalue weighted by atomic mass is 10.0. The van der Waals surface area contributed by atoms with Gasteiger partial charge in [-0.25, -0.2) is 4.98 Å². The Morgan fingerprint density at radius 3 is 2.20 bits per heavy atom. The maximum Gasteiger partial charge on any atom is 0.501 e. The summed E-state index contributed by atoms with van der Waals surface area (Å²) in [6.45, 7) is 0. The van der Waals surface area contributed by atoms with Crippen LogP contribution in [-0.4, -0.2) is 14.8 Å². The van der Waals surface area contributed by atoms with Crippen molar-refractivity contribution in [1.82, 2.24) is 4.98 Å². The van der Waals surface area contributed by atoms with Crippen LogP contribution in [0.1, 0.15) is 28.8 Å². The highest BCUT2D eigenvalue weighted by Crippen LogP contribution is 2.42. The molecule has 20 heavy (non-hydrogen) atoms. The summed E-state index contributed by atoms with van der Waals surface area (Å²) in [5, 5.41) is 39.8. The van der Waals surface area contributed by atoms with Crippen molar-refractivity contribution in [2.24, 2.45) is 0 Å². The van der Waals surface area contributed by atoms with Crippen molar-refractivity contribution in [3.05, 3.63) is 47.8 Å². The fourth-order valence-electron chi connectivity index (χ4n) is 2.23. The molecule has 0 amide bonds. The van der Waals surface area contributed by atoms with Crippen LogP contribution in [0.25, 0.3) is 0 Å². The van der Waals surface area contributed by atoms with E-state index in [1.54, 1.807) is 12.1 Å². The number of nitriles is 2. The van der Waals surface area contributed by atoms with Crippen molar-refractivity contribution < 1.29 is 9.85 Å². The molecule has 0 bridgehead atoms. The minimum atomic E-state index is -2.61. The monoisotopic (exact) mass is 293 g/mol. The zero-order valence-electron chi connectivity index (χ0n) is 9.66. The van der Waals surface area contributed by atoms with E-state index in [0.717, 1.165) is 0 Å². The largest absolute Gasteiger partial charge is 0.501 e. The molecule has 1 aliphatic rings. The average Bonchev–Trinajstić information content (AvgIpc) is 2.76.